The molecule has 0 spiro atoms. The predicted molar refractivity (Wildman–Crippen MR) is 143 cm³/mol. The minimum Gasteiger partial charge on any atom is -0.497 e. The highest BCUT2D eigenvalue weighted by atomic mass is 16.5. The molecule has 4 unspecified atom stereocenters. The molecule has 1 heterocycles. The Bertz CT molecular complexity index is 1020. The number of ether oxygens (including phenoxy) is 3. The van der Waals surface area contributed by atoms with Crippen molar-refractivity contribution in [2.45, 2.75) is 57.0 Å². The van der Waals surface area contributed by atoms with E-state index in [0.717, 1.165) is 48.4 Å². The number of rotatable bonds is 12. The molecule has 2 aliphatic rings. The topological polar surface area (TPSA) is 88.5 Å². The van der Waals surface area contributed by atoms with Crippen molar-refractivity contribution in [3.8, 4) is 16.9 Å². The van der Waals surface area contributed by atoms with Gasteiger partial charge >= 0.3 is 5.97 Å². The van der Waals surface area contributed by atoms with Crippen molar-refractivity contribution in [2.24, 2.45) is 5.92 Å². The smallest absolute Gasteiger partial charge is 0.303 e. The summed E-state index contributed by atoms with van der Waals surface area (Å²) in [6, 6.07) is 16.4. The normalized spacial score (nSPS) is 24.5. The Hall–Kier alpha value is -2.71. The fourth-order valence-corrected chi connectivity index (χ4v) is 5.47. The van der Waals surface area contributed by atoms with Gasteiger partial charge in [0.2, 0.25) is 0 Å². The summed E-state index contributed by atoms with van der Waals surface area (Å²) >= 11 is 0. The number of hydrogen-bond donors (Lipinski definition) is 2. The summed E-state index contributed by atoms with van der Waals surface area (Å²) in [5.74, 6) is 0.242. The van der Waals surface area contributed by atoms with E-state index in [4.69, 9.17) is 19.3 Å². The van der Waals surface area contributed by atoms with Crippen LogP contribution in [0.25, 0.3) is 11.1 Å². The van der Waals surface area contributed by atoms with Gasteiger partial charge in [0.1, 0.15) is 5.75 Å². The third-order valence-electron chi connectivity index (χ3n) is 7.41. The SMILES string of the molecule is COc1cccc(-c2ccc(COC3CC(O)C(N4CCOCC4)C3C/C=C/CCCC(=O)O)cc2)c1. The van der Waals surface area contributed by atoms with Crippen molar-refractivity contribution in [3.63, 3.8) is 0 Å². The number of methoxy groups -OCH3 is 1. The van der Waals surface area contributed by atoms with E-state index in [1.165, 1.54) is 0 Å². The predicted octanol–water partition coefficient (Wildman–Crippen LogP) is 4.53. The molecule has 7 heteroatoms. The van der Waals surface area contributed by atoms with E-state index in [-0.39, 0.29) is 24.5 Å². The summed E-state index contributed by atoms with van der Waals surface area (Å²) in [5.41, 5.74) is 3.32. The lowest BCUT2D eigenvalue weighted by Crippen LogP contribution is -2.50. The molecule has 37 heavy (non-hydrogen) atoms. The maximum Gasteiger partial charge on any atom is 0.303 e. The minimum absolute atomic E-state index is 0.0352. The Kier molecular flexibility index (Phi) is 10.1. The van der Waals surface area contributed by atoms with Crippen LogP contribution in [-0.2, 0) is 20.9 Å². The molecular formula is C30H39NO6. The number of benzene rings is 2. The van der Waals surface area contributed by atoms with Crippen LogP contribution in [0.2, 0.25) is 0 Å². The number of aliphatic hydroxyl groups excluding tert-OH is 1. The first-order valence-electron chi connectivity index (χ1n) is 13.3. The van der Waals surface area contributed by atoms with Gasteiger partial charge in [-0.15, -0.1) is 0 Å². The lowest BCUT2D eigenvalue weighted by atomic mass is 9.94. The number of carboxylic acid groups (broad SMARTS) is 1. The van der Waals surface area contributed by atoms with Crippen LogP contribution >= 0.6 is 0 Å². The lowest BCUT2D eigenvalue weighted by molar-refractivity contribution is -0.137. The number of hydrogen-bond acceptors (Lipinski definition) is 6. The molecule has 2 aromatic carbocycles. The third kappa shape index (κ3) is 7.65. The number of morpholine rings is 1. The molecule has 2 fully saturated rings. The molecule has 0 aromatic heterocycles. The summed E-state index contributed by atoms with van der Waals surface area (Å²) in [6.45, 7) is 3.50. The highest BCUT2D eigenvalue weighted by molar-refractivity contribution is 5.66. The van der Waals surface area contributed by atoms with Crippen molar-refractivity contribution < 1.29 is 29.2 Å². The third-order valence-corrected chi connectivity index (χ3v) is 7.41. The van der Waals surface area contributed by atoms with Gasteiger partial charge in [-0.05, 0) is 48.1 Å². The Balaban J connectivity index is 1.39. The molecule has 0 bridgehead atoms. The second-order valence-electron chi connectivity index (χ2n) is 9.88. The van der Waals surface area contributed by atoms with E-state index in [0.29, 0.717) is 32.7 Å². The first kappa shape index (κ1) is 27.3. The van der Waals surface area contributed by atoms with Gasteiger partial charge in [0.25, 0.3) is 0 Å². The molecule has 200 valence electrons. The van der Waals surface area contributed by atoms with E-state index >= 15 is 0 Å². The number of carboxylic acids is 1. The zero-order chi connectivity index (χ0) is 26.0. The van der Waals surface area contributed by atoms with Crippen molar-refractivity contribution in [3.05, 3.63) is 66.2 Å². The van der Waals surface area contributed by atoms with Crippen LogP contribution < -0.4 is 4.74 Å². The number of nitrogens with zero attached hydrogens (tertiary/aromatic N) is 1. The molecule has 1 saturated carbocycles. The van der Waals surface area contributed by atoms with Gasteiger partial charge in [-0.1, -0.05) is 48.6 Å². The van der Waals surface area contributed by atoms with Gasteiger partial charge in [-0.2, -0.15) is 0 Å². The first-order chi connectivity index (χ1) is 18.0. The largest absolute Gasteiger partial charge is 0.497 e. The van der Waals surface area contributed by atoms with Gasteiger partial charge in [0, 0.05) is 37.9 Å². The number of unbranched alkanes of at least 4 members (excludes halogenated alkanes) is 1. The molecule has 1 aliphatic carbocycles. The summed E-state index contributed by atoms with van der Waals surface area (Å²) in [6.07, 6.45) is 6.69. The van der Waals surface area contributed by atoms with Crippen molar-refractivity contribution in [1.82, 2.24) is 4.90 Å². The minimum atomic E-state index is -0.760. The van der Waals surface area contributed by atoms with Crippen LogP contribution in [0.1, 0.15) is 37.7 Å². The van der Waals surface area contributed by atoms with Gasteiger partial charge < -0.3 is 24.4 Å². The first-order valence-corrected chi connectivity index (χ1v) is 13.3. The summed E-state index contributed by atoms with van der Waals surface area (Å²) < 4.78 is 17.3. The van der Waals surface area contributed by atoms with Crippen LogP contribution in [0.5, 0.6) is 5.75 Å². The monoisotopic (exact) mass is 509 g/mol. The van der Waals surface area contributed by atoms with Crippen LogP contribution in [0.3, 0.4) is 0 Å². The second kappa shape index (κ2) is 13.7. The maximum atomic E-state index is 11.0. The highest BCUT2D eigenvalue weighted by Crippen LogP contribution is 2.36. The average molecular weight is 510 g/mol. The standard InChI is InChI=1S/C30H39NO6/c1-35-25-8-6-7-24(19-25)23-13-11-22(12-14-23)21-37-28-20-27(32)30(31-15-17-36-18-16-31)26(28)9-4-2-3-5-10-29(33)34/h2,4,6-8,11-14,19,26-28,30,32H,3,5,9-10,15-18,20-21H2,1H3,(H,33,34)/b4-2+. The molecule has 1 saturated heterocycles. The van der Waals surface area contributed by atoms with Crippen LogP contribution in [0, 0.1) is 5.92 Å². The average Bonchev–Trinajstić information content (AvgIpc) is 3.24. The highest BCUT2D eigenvalue weighted by Gasteiger charge is 2.45. The molecule has 4 atom stereocenters. The summed E-state index contributed by atoms with van der Waals surface area (Å²) in [5, 5.41) is 19.9. The number of allylic oxidation sites excluding steroid dienone is 2. The van der Waals surface area contributed by atoms with Gasteiger partial charge in [0.05, 0.1) is 39.1 Å². The summed E-state index contributed by atoms with van der Waals surface area (Å²) in [7, 11) is 1.67. The van der Waals surface area contributed by atoms with Crippen molar-refractivity contribution >= 4 is 5.97 Å². The van der Waals surface area contributed by atoms with E-state index in [1.54, 1.807) is 7.11 Å². The number of aliphatic hydroxyl groups is 1. The zero-order valence-corrected chi connectivity index (χ0v) is 21.6. The fraction of sp³-hybridized carbons (Fsp3) is 0.500. The molecule has 0 radical (unpaired) electrons. The molecule has 4 rings (SSSR count). The van der Waals surface area contributed by atoms with Crippen molar-refractivity contribution in [1.29, 1.82) is 0 Å². The maximum absolute atomic E-state index is 11.0. The number of carbonyl (C=O) groups is 1. The van der Waals surface area contributed by atoms with E-state index in [9.17, 15) is 9.90 Å². The van der Waals surface area contributed by atoms with Crippen LogP contribution in [-0.4, -0.2) is 72.7 Å². The zero-order valence-electron chi connectivity index (χ0n) is 21.6. The van der Waals surface area contributed by atoms with E-state index in [2.05, 4.69) is 47.4 Å². The quantitative estimate of drug-likeness (QED) is 0.321. The Morgan fingerprint density at radius 3 is 2.62 bits per heavy atom. The molecule has 2 aromatic rings. The van der Waals surface area contributed by atoms with Crippen LogP contribution in [0.4, 0.5) is 0 Å². The number of aliphatic carboxylic acids is 1. The molecule has 1 aliphatic heterocycles. The van der Waals surface area contributed by atoms with Crippen LogP contribution in [0.15, 0.2) is 60.7 Å². The Labute approximate surface area is 219 Å². The molecule has 0 amide bonds. The van der Waals surface area contributed by atoms with E-state index in [1.807, 2.05) is 18.2 Å². The summed E-state index contributed by atoms with van der Waals surface area (Å²) in [4.78, 5) is 13.1. The van der Waals surface area contributed by atoms with Gasteiger partial charge in [-0.25, -0.2) is 0 Å². The Morgan fingerprint density at radius 1 is 1.11 bits per heavy atom. The molecule has 7 nitrogen and oxygen atoms in total. The molecular weight excluding hydrogens is 470 g/mol. The van der Waals surface area contributed by atoms with E-state index < -0.39 is 12.1 Å². The van der Waals surface area contributed by atoms with Gasteiger partial charge in [0.15, 0.2) is 0 Å². The second-order valence-corrected chi connectivity index (χ2v) is 9.88. The lowest BCUT2D eigenvalue weighted by Gasteiger charge is -2.37. The fourth-order valence-electron chi connectivity index (χ4n) is 5.47. The van der Waals surface area contributed by atoms with Gasteiger partial charge in [-0.3, -0.25) is 9.69 Å². The Morgan fingerprint density at radius 2 is 1.89 bits per heavy atom. The molecule has 2 N–H and O–H groups in total. The van der Waals surface area contributed by atoms with Crippen molar-refractivity contribution in [2.75, 3.05) is 33.4 Å².